The summed E-state index contributed by atoms with van der Waals surface area (Å²) in [4.78, 5) is 25.5. The minimum atomic E-state index is -2.47. The average Bonchev–Trinajstić information content (AvgIpc) is 2.98. The van der Waals surface area contributed by atoms with Gasteiger partial charge in [-0.2, -0.15) is 0 Å². The maximum Gasteiger partial charge on any atom is 0.326 e. The predicted octanol–water partition coefficient (Wildman–Crippen LogP) is 5.40. The summed E-state index contributed by atoms with van der Waals surface area (Å²) in [5.74, 6) is -1.70. The number of benzene rings is 4. The number of fused-ring (bicyclic) bond motifs is 1. The minimum Gasteiger partial charge on any atom is -0.480 e. The van der Waals surface area contributed by atoms with E-state index in [2.05, 4.69) is 17.6 Å². The molecular formula is C32H35N3O5S. The van der Waals surface area contributed by atoms with Crippen molar-refractivity contribution < 1.29 is 23.5 Å². The summed E-state index contributed by atoms with van der Waals surface area (Å²) in [5, 5.41) is 17.7. The van der Waals surface area contributed by atoms with Crippen molar-refractivity contribution in [2.24, 2.45) is 0 Å². The molecule has 0 bridgehead atoms. The van der Waals surface area contributed by atoms with Crippen LogP contribution in [0, 0.1) is 0 Å². The molecule has 8 nitrogen and oxygen atoms in total. The van der Waals surface area contributed by atoms with E-state index in [4.69, 9.17) is 0 Å². The molecule has 41 heavy (non-hydrogen) atoms. The zero-order valence-corrected chi connectivity index (χ0v) is 23.9. The highest BCUT2D eigenvalue weighted by atomic mass is 32.2. The number of nitrogens with one attached hydrogen (secondary N) is 2. The van der Waals surface area contributed by atoms with E-state index in [0.717, 1.165) is 28.3 Å². The molecule has 0 heterocycles. The van der Waals surface area contributed by atoms with Gasteiger partial charge in [-0.1, -0.05) is 91.9 Å². The molecule has 0 radical (unpaired) electrons. The second kappa shape index (κ2) is 14.0. The molecule has 4 aromatic rings. The van der Waals surface area contributed by atoms with Crippen LogP contribution < -0.4 is 14.9 Å². The van der Waals surface area contributed by atoms with Gasteiger partial charge in [0.1, 0.15) is 6.04 Å². The number of aliphatic carboxylic acids is 1. The number of carbonyl (C=O) groups is 2. The minimum absolute atomic E-state index is 0.105. The summed E-state index contributed by atoms with van der Waals surface area (Å²) in [6.45, 7) is 2.08. The molecule has 0 saturated heterocycles. The highest BCUT2D eigenvalue weighted by Gasteiger charge is 2.30. The molecule has 0 aliphatic rings. The molecular weight excluding hydrogens is 538 g/mol. The summed E-state index contributed by atoms with van der Waals surface area (Å²) in [5.41, 5.74) is 3.00. The van der Waals surface area contributed by atoms with Crippen LogP contribution in [0.5, 0.6) is 0 Å². The van der Waals surface area contributed by atoms with E-state index >= 15 is 0 Å². The standard InChI is InChI=1S/C32H35N3O5S/c1-3-28(33-2)24-15-13-22(14-16-24)19-29(32(37)38)34-31(36)21-30(25-10-5-4-6-11-25)35(41(39)40)27-18-17-23-9-7-8-12-26(23)20-27/h4-18,20,28-30,33H,3,19,21H2,1-2H3,(H,34,36)(H,37,38)(H,39,40). The molecule has 0 fully saturated rings. The van der Waals surface area contributed by atoms with Crippen molar-refractivity contribution >= 4 is 39.6 Å². The van der Waals surface area contributed by atoms with Gasteiger partial charge in [0.2, 0.25) is 5.91 Å². The Morgan fingerprint density at radius 2 is 1.54 bits per heavy atom. The van der Waals surface area contributed by atoms with Crippen LogP contribution in [0.3, 0.4) is 0 Å². The third-order valence-corrected chi connectivity index (χ3v) is 8.02. The fraction of sp³-hybridized carbons (Fsp3) is 0.250. The molecule has 9 heteroatoms. The summed E-state index contributed by atoms with van der Waals surface area (Å²) in [6.07, 6.45) is 0.793. The zero-order chi connectivity index (χ0) is 29.4. The van der Waals surface area contributed by atoms with Crippen molar-refractivity contribution in [1.82, 2.24) is 10.6 Å². The third kappa shape index (κ3) is 7.58. The van der Waals surface area contributed by atoms with Crippen molar-refractivity contribution in [2.75, 3.05) is 11.4 Å². The Balaban J connectivity index is 1.57. The Kier molecular flexibility index (Phi) is 10.2. The van der Waals surface area contributed by atoms with Crippen LogP contribution in [-0.4, -0.2) is 38.8 Å². The van der Waals surface area contributed by atoms with Crippen molar-refractivity contribution in [1.29, 1.82) is 0 Å². The Hall–Kier alpha value is -4.05. The predicted molar refractivity (Wildman–Crippen MR) is 163 cm³/mol. The SMILES string of the molecule is CCC(NC)c1ccc(CC(NC(=O)CC(c2ccccc2)N(c2ccc3ccccc3c2)S(=O)O)C(=O)O)cc1. The molecule has 4 rings (SSSR count). The van der Waals surface area contributed by atoms with Gasteiger partial charge in [0.25, 0.3) is 11.3 Å². The van der Waals surface area contributed by atoms with Crippen LogP contribution in [0.25, 0.3) is 10.8 Å². The van der Waals surface area contributed by atoms with E-state index in [1.54, 1.807) is 36.4 Å². The lowest BCUT2D eigenvalue weighted by molar-refractivity contribution is -0.141. The summed E-state index contributed by atoms with van der Waals surface area (Å²) in [7, 11) is 1.90. The Morgan fingerprint density at radius 1 is 0.878 bits per heavy atom. The van der Waals surface area contributed by atoms with E-state index in [0.29, 0.717) is 11.3 Å². The molecule has 4 atom stereocenters. The van der Waals surface area contributed by atoms with Crippen molar-refractivity contribution in [3.63, 3.8) is 0 Å². The highest BCUT2D eigenvalue weighted by Crippen LogP contribution is 2.33. The first-order chi connectivity index (χ1) is 19.8. The fourth-order valence-electron chi connectivity index (χ4n) is 5.06. The van der Waals surface area contributed by atoms with Crippen LogP contribution in [-0.2, 0) is 27.3 Å². The number of carbonyl (C=O) groups excluding carboxylic acids is 1. The number of carboxylic acids is 1. The molecule has 4 N–H and O–H groups in total. The third-order valence-electron chi connectivity index (χ3n) is 7.21. The lowest BCUT2D eigenvalue weighted by atomic mass is 9.99. The number of hydrogen-bond donors (Lipinski definition) is 4. The molecule has 0 spiro atoms. The summed E-state index contributed by atoms with van der Waals surface area (Å²) in [6, 6.07) is 27.9. The van der Waals surface area contributed by atoms with E-state index in [1.165, 1.54) is 4.31 Å². The van der Waals surface area contributed by atoms with Gasteiger partial charge in [-0.15, -0.1) is 0 Å². The van der Waals surface area contributed by atoms with E-state index < -0.39 is 35.2 Å². The van der Waals surface area contributed by atoms with Gasteiger partial charge >= 0.3 is 5.97 Å². The van der Waals surface area contributed by atoms with Crippen LogP contribution in [0.1, 0.15) is 48.5 Å². The first-order valence-corrected chi connectivity index (χ1v) is 14.6. The Labute approximate surface area is 242 Å². The van der Waals surface area contributed by atoms with Gasteiger partial charge in [0.05, 0.1) is 18.2 Å². The largest absolute Gasteiger partial charge is 0.480 e. The van der Waals surface area contributed by atoms with Gasteiger partial charge in [0, 0.05) is 12.5 Å². The van der Waals surface area contributed by atoms with Crippen molar-refractivity contribution in [2.45, 2.75) is 44.3 Å². The fourth-order valence-corrected chi connectivity index (χ4v) is 5.77. The molecule has 214 valence electrons. The van der Waals surface area contributed by atoms with Gasteiger partial charge in [-0.05, 0) is 53.1 Å². The van der Waals surface area contributed by atoms with Crippen molar-refractivity contribution in [3.05, 3.63) is 114 Å². The van der Waals surface area contributed by atoms with Gasteiger partial charge in [-0.3, -0.25) is 13.7 Å². The second-order valence-corrected chi connectivity index (χ2v) is 10.7. The summed E-state index contributed by atoms with van der Waals surface area (Å²) < 4.78 is 24.4. The van der Waals surface area contributed by atoms with Crippen LogP contribution >= 0.6 is 0 Å². The number of hydrogen-bond acceptors (Lipinski definition) is 4. The maximum atomic E-state index is 13.3. The number of carboxylic acid groups (broad SMARTS) is 1. The first kappa shape index (κ1) is 29.9. The molecule has 4 unspecified atom stereocenters. The van der Waals surface area contributed by atoms with Crippen LogP contribution in [0.15, 0.2) is 97.1 Å². The lowest BCUT2D eigenvalue weighted by Gasteiger charge is -2.30. The molecule has 0 aliphatic heterocycles. The van der Waals surface area contributed by atoms with Gasteiger partial charge in [0.15, 0.2) is 0 Å². The molecule has 1 amide bonds. The molecule has 0 aliphatic carbocycles. The molecule has 0 saturated carbocycles. The smallest absolute Gasteiger partial charge is 0.326 e. The topological polar surface area (TPSA) is 119 Å². The number of amides is 1. The molecule has 0 aromatic heterocycles. The Morgan fingerprint density at radius 3 is 2.15 bits per heavy atom. The number of anilines is 1. The maximum absolute atomic E-state index is 13.3. The normalized spacial score (nSPS) is 14.1. The zero-order valence-electron chi connectivity index (χ0n) is 23.1. The molecule has 4 aromatic carbocycles. The van der Waals surface area contributed by atoms with E-state index in [-0.39, 0.29) is 18.9 Å². The first-order valence-electron chi connectivity index (χ1n) is 13.5. The van der Waals surface area contributed by atoms with Gasteiger partial charge in [-0.25, -0.2) is 9.00 Å². The second-order valence-electron chi connectivity index (χ2n) is 9.87. The van der Waals surface area contributed by atoms with Crippen molar-refractivity contribution in [3.8, 4) is 0 Å². The highest BCUT2D eigenvalue weighted by molar-refractivity contribution is 7.80. The lowest BCUT2D eigenvalue weighted by Crippen LogP contribution is -2.44. The average molecular weight is 574 g/mol. The van der Waals surface area contributed by atoms with Crippen LogP contribution in [0.2, 0.25) is 0 Å². The van der Waals surface area contributed by atoms with Crippen LogP contribution in [0.4, 0.5) is 5.69 Å². The van der Waals surface area contributed by atoms with E-state index in [1.807, 2.05) is 67.7 Å². The Bertz CT molecular complexity index is 1490. The van der Waals surface area contributed by atoms with Gasteiger partial charge < -0.3 is 15.7 Å². The quantitative estimate of drug-likeness (QED) is 0.159. The summed E-state index contributed by atoms with van der Waals surface area (Å²) >= 11 is -2.47. The number of rotatable bonds is 13. The van der Waals surface area contributed by atoms with E-state index in [9.17, 15) is 23.5 Å². The monoisotopic (exact) mass is 573 g/mol. The number of nitrogens with zero attached hydrogens (tertiary/aromatic N) is 1.